The van der Waals surface area contributed by atoms with Crippen LogP contribution in [-0.4, -0.2) is 23.2 Å². The standard InChI is InChI=1S/C7H11NO2.ClH/c9-6(10)7-2-1-5(3-7)4-8-7;/h5,8H,1-4H2,(H,9,10);1H/t5-,7+;/m0./s1. The molecule has 2 fully saturated rings. The maximum absolute atomic E-state index is 10.7. The van der Waals surface area contributed by atoms with Crippen molar-refractivity contribution >= 4 is 18.4 Å². The normalized spacial score (nSPS) is 40.2. The van der Waals surface area contributed by atoms with Crippen molar-refractivity contribution in [1.82, 2.24) is 5.32 Å². The molecule has 2 atom stereocenters. The van der Waals surface area contributed by atoms with Gasteiger partial charge in [0.05, 0.1) is 0 Å². The van der Waals surface area contributed by atoms with E-state index in [2.05, 4.69) is 5.32 Å². The first-order valence-electron chi connectivity index (χ1n) is 3.71. The van der Waals surface area contributed by atoms with E-state index in [0.717, 1.165) is 25.8 Å². The number of fused-ring (bicyclic) bond motifs is 2. The van der Waals surface area contributed by atoms with Crippen molar-refractivity contribution in [3.63, 3.8) is 0 Å². The van der Waals surface area contributed by atoms with Crippen LogP contribution >= 0.6 is 12.4 Å². The van der Waals surface area contributed by atoms with Crippen molar-refractivity contribution in [3.8, 4) is 0 Å². The second-order valence-corrected chi connectivity index (χ2v) is 3.38. The van der Waals surface area contributed by atoms with Crippen LogP contribution in [0.5, 0.6) is 0 Å². The molecule has 0 aromatic heterocycles. The molecule has 1 aliphatic carbocycles. The third-order valence-corrected chi connectivity index (χ3v) is 2.76. The molecule has 0 amide bonds. The number of hydrogen-bond donors (Lipinski definition) is 2. The van der Waals surface area contributed by atoms with Crippen LogP contribution in [0, 0.1) is 5.92 Å². The Kier molecular flexibility index (Phi) is 2.12. The zero-order valence-electron chi connectivity index (χ0n) is 6.17. The Hall–Kier alpha value is -0.280. The van der Waals surface area contributed by atoms with Crippen LogP contribution in [0.2, 0.25) is 0 Å². The highest BCUT2D eigenvalue weighted by atomic mass is 35.5. The van der Waals surface area contributed by atoms with E-state index in [4.69, 9.17) is 5.11 Å². The minimum atomic E-state index is -0.660. The molecule has 0 aromatic carbocycles. The average molecular weight is 178 g/mol. The molecule has 0 unspecified atom stereocenters. The maximum atomic E-state index is 10.7. The SMILES string of the molecule is Cl.O=C(O)[C@]12CC[C@H](CN1)C2. The van der Waals surface area contributed by atoms with E-state index in [1.54, 1.807) is 0 Å². The van der Waals surface area contributed by atoms with Gasteiger partial charge in [-0.1, -0.05) is 0 Å². The molecule has 2 bridgehead atoms. The molecule has 2 aliphatic rings. The minimum absolute atomic E-state index is 0. The maximum Gasteiger partial charge on any atom is 0.323 e. The summed E-state index contributed by atoms with van der Waals surface area (Å²) in [4.78, 5) is 10.7. The predicted molar refractivity (Wildman–Crippen MR) is 43.0 cm³/mol. The molecule has 1 saturated heterocycles. The zero-order chi connectivity index (χ0) is 7.19. The largest absolute Gasteiger partial charge is 0.480 e. The van der Waals surface area contributed by atoms with Gasteiger partial charge in [0.2, 0.25) is 0 Å². The average Bonchev–Trinajstić information content (AvgIpc) is 2.45. The number of aliphatic carboxylic acids is 1. The van der Waals surface area contributed by atoms with Crippen LogP contribution in [0.4, 0.5) is 0 Å². The summed E-state index contributed by atoms with van der Waals surface area (Å²) in [5.74, 6) is -0.0244. The highest BCUT2D eigenvalue weighted by Crippen LogP contribution is 2.39. The van der Waals surface area contributed by atoms with Gasteiger partial charge in [0.15, 0.2) is 0 Å². The van der Waals surface area contributed by atoms with Gasteiger partial charge in [-0.2, -0.15) is 0 Å². The number of carbonyl (C=O) groups is 1. The summed E-state index contributed by atoms with van der Waals surface area (Å²) < 4.78 is 0. The first-order valence-corrected chi connectivity index (χ1v) is 3.71. The summed E-state index contributed by atoms with van der Waals surface area (Å²) in [6.07, 6.45) is 2.77. The molecule has 1 saturated carbocycles. The zero-order valence-corrected chi connectivity index (χ0v) is 6.99. The van der Waals surface area contributed by atoms with E-state index in [1.165, 1.54) is 0 Å². The minimum Gasteiger partial charge on any atom is -0.480 e. The fraction of sp³-hybridized carbons (Fsp3) is 0.857. The van der Waals surface area contributed by atoms with Crippen molar-refractivity contribution in [2.24, 2.45) is 5.92 Å². The molecule has 2 N–H and O–H groups in total. The number of hydrogen-bond acceptors (Lipinski definition) is 2. The smallest absolute Gasteiger partial charge is 0.323 e. The molecule has 3 nitrogen and oxygen atoms in total. The van der Waals surface area contributed by atoms with Crippen LogP contribution < -0.4 is 5.32 Å². The first kappa shape index (κ1) is 8.81. The van der Waals surface area contributed by atoms with E-state index in [0.29, 0.717) is 5.92 Å². The van der Waals surface area contributed by atoms with Gasteiger partial charge in [0.25, 0.3) is 0 Å². The third-order valence-electron chi connectivity index (χ3n) is 2.76. The van der Waals surface area contributed by atoms with Crippen molar-refractivity contribution in [1.29, 1.82) is 0 Å². The van der Waals surface area contributed by atoms with E-state index in [9.17, 15) is 4.79 Å². The number of piperidine rings is 1. The highest BCUT2D eigenvalue weighted by Gasteiger charge is 2.50. The molecule has 64 valence electrons. The lowest BCUT2D eigenvalue weighted by atomic mass is 10.0. The fourth-order valence-electron chi connectivity index (χ4n) is 2.09. The molecule has 1 heterocycles. The highest BCUT2D eigenvalue weighted by molar-refractivity contribution is 5.85. The Morgan fingerprint density at radius 2 is 2.36 bits per heavy atom. The first-order chi connectivity index (χ1) is 4.73. The number of rotatable bonds is 1. The Labute approximate surface area is 71.6 Å². The van der Waals surface area contributed by atoms with E-state index in [-0.39, 0.29) is 12.4 Å². The summed E-state index contributed by atoms with van der Waals surface area (Å²) in [5, 5.41) is 11.9. The van der Waals surface area contributed by atoms with Gasteiger partial charge >= 0.3 is 5.97 Å². The van der Waals surface area contributed by atoms with E-state index >= 15 is 0 Å². The Morgan fingerprint density at radius 1 is 1.64 bits per heavy atom. The summed E-state index contributed by atoms with van der Waals surface area (Å²) in [5.41, 5.74) is -0.523. The topological polar surface area (TPSA) is 49.3 Å². The van der Waals surface area contributed by atoms with Gasteiger partial charge in [-0.15, -0.1) is 12.4 Å². The molecule has 0 radical (unpaired) electrons. The summed E-state index contributed by atoms with van der Waals surface area (Å²) in [7, 11) is 0. The fourth-order valence-corrected chi connectivity index (χ4v) is 2.09. The monoisotopic (exact) mass is 177 g/mol. The Bertz CT molecular complexity index is 175. The summed E-state index contributed by atoms with van der Waals surface area (Å²) in [6.45, 7) is 0.909. The van der Waals surface area contributed by atoms with Gasteiger partial charge < -0.3 is 10.4 Å². The van der Waals surface area contributed by atoms with E-state index < -0.39 is 11.5 Å². The van der Waals surface area contributed by atoms with E-state index in [1.807, 2.05) is 0 Å². The molecule has 11 heavy (non-hydrogen) atoms. The molecular weight excluding hydrogens is 166 g/mol. The number of carboxylic acid groups (broad SMARTS) is 1. The number of carboxylic acids is 1. The lowest BCUT2D eigenvalue weighted by Crippen LogP contribution is -2.47. The molecule has 4 heteroatoms. The molecular formula is C7H12ClNO2. The van der Waals surface area contributed by atoms with Crippen molar-refractivity contribution in [3.05, 3.63) is 0 Å². The molecule has 0 spiro atoms. The predicted octanol–water partition coefficient (Wildman–Crippen LogP) is 0.635. The van der Waals surface area contributed by atoms with Gasteiger partial charge in [-0.05, 0) is 31.7 Å². The Morgan fingerprint density at radius 3 is 2.55 bits per heavy atom. The summed E-state index contributed by atoms with van der Waals surface area (Å²) >= 11 is 0. The van der Waals surface area contributed by atoms with Gasteiger partial charge in [0, 0.05) is 0 Å². The van der Waals surface area contributed by atoms with Gasteiger partial charge in [-0.3, -0.25) is 4.79 Å². The lowest BCUT2D eigenvalue weighted by Gasteiger charge is -2.21. The lowest BCUT2D eigenvalue weighted by molar-refractivity contribution is -0.144. The van der Waals surface area contributed by atoms with Crippen LogP contribution in [0.1, 0.15) is 19.3 Å². The molecule has 0 aromatic rings. The van der Waals surface area contributed by atoms with Crippen LogP contribution in [0.15, 0.2) is 0 Å². The third kappa shape index (κ3) is 1.12. The van der Waals surface area contributed by atoms with Gasteiger partial charge in [0.1, 0.15) is 5.54 Å². The number of nitrogens with one attached hydrogen (secondary N) is 1. The van der Waals surface area contributed by atoms with Crippen LogP contribution in [-0.2, 0) is 4.79 Å². The van der Waals surface area contributed by atoms with Gasteiger partial charge in [-0.25, -0.2) is 0 Å². The molecule has 2 rings (SSSR count). The Balaban J connectivity index is 0.000000605. The van der Waals surface area contributed by atoms with Crippen molar-refractivity contribution in [2.45, 2.75) is 24.8 Å². The summed E-state index contributed by atoms with van der Waals surface area (Å²) in [6, 6.07) is 0. The number of halogens is 1. The quantitative estimate of drug-likeness (QED) is 0.618. The van der Waals surface area contributed by atoms with Crippen molar-refractivity contribution in [2.75, 3.05) is 6.54 Å². The van der Waals surface area contributed by atoms with Crippen LogP contribution in [0.3, 0.4) is 0 Å². The van der Waals surface area contributed by atoms with Crippen LogP contribution in [0.25, 0.3) is 0 Å². The second kappa shape index (κ2) is 2.64. The van der Waals surface area contributed by atoms with Crippen molar-refractivity contribution < 1.29 is 9.90 Å². The second-order valence-electron chi connectivity index (χ2n) is 3.38. The molecule has 1 aliphatic heterocycles.